The van der Waals surface area contributed by atoms with Crippen LogP contribution in [0, 0.1) is 6.92 Å². The third kappa shape index (κ3) is 3.52. The molecule has 6 heterocycles. The second kappa shape index (κ2) is 10.00. The van der Waals surface area contributed by atoms with E-state index in [0.717, 1.165) is 34.9 Å². The zero-order valence-electron chi connectivity index (χ0n) is 28.9. The monoisotopic (exact) mass is 695 g/mol. The maximum Gasteiger partial charge on any atom is 0.252 e. The molecule has 2 aliphatic heterocycles. The Balaban J connectivity index is 1.12. The predicted molar refractivity (Wildman–Crippen MR) is 225 cm³/mol. The van der Waals surface area contributed by atoms with Gasteiger partial charge in [0, 0.05) is 54.7 Å². The van der Waals surface area contributed by atoms with E-state index in [-0.39, 0.29) is 6.71 Å². The quantitative estimate of drug-likeness (QED) is 0.172. The molecule has 10 aromatic rings. The Morgan fingerprint density at radius 3 is 2.21 bits per heavy atom. The van der Waals surface area contributed by atoms with Crippen LogP contribution >= 0.6 is 11.3 Å². The number of aromatic nitrogens is 2. The van der Waals surface area contributed by atoms with Gasteiger partial charge in [-0.1, -0.05) is 72.8 Å². The average molecular weight is 696 g/mol. The predicted octanol–water partition coefficient (Wildman–Crippen LogP) is 10.7. The Labute approximate surface area is 309 Å². The van der Waals surface area contributed by atoms with Gasteiger partial charge in [0.15, 0.2) is 5.58 Å². The number of benzene rings is 6. The molecule has 0 amide bonds. The van der Waals surface area contributed by atoms with E-state index in [0.29, 0.717) is 0 Å². The molecule has 4 nitrogen and oxygen atoms in total. The van der Waals surface area contributed by atoms with Crippen molar-refractivity contribution in [1.29, 1.82) is 0 Å². The molecule has 248 valence electrons. The Kier molecular flexibility index (Phi) is 5.35. The maximum absolute atomic E-state index is 6.65. The second-order valence-corrected chi connectivity index (χ2v) is 15.9. The molecule has 1 aliphatic carbocycles. The SMILES string of the molecule is Cc1cc2c3c(c1)-n1c4c(cccc4c4sc5cc(N(C6=CC=CCC6)c6ccccc6)ccc5c41)B3c1cccc3c4oc5ccccc5c4n-2c13. The van der Waals surface area contributed by atoms with Crippen LogP contribution in [0.4, 0.5) is 11.4 Å². The number of rotatable bonds is 3. The summed E-state index contributed by atoms with van der Waals surface area (Å²) in [7, 11) is 0. The first kappa shape index (κ1) is 28.4. The summed E-state index contributed by atoms with van der Waals surface area (Å²) in [6.07, 6.45) is 8.81. The summed E-state index contributed by atoms with van der Waals surface area (Å²) in [6.45, 7) is 2.37. The number of para-hydroxylation sites is 4. The third-order valence-electron chi connectivity index (χ3n) is 12.0. The lowest BCUT2D eigenvalue weighted by molar-refractivity contribution is 0.673. The fourth-order valence-corrected chi connectivity index (χ4v) is 11.2. The van der Waals surface area contributed by atoms with Gasteiger partial charge in [-0.2, -0.15) is 0 Å². The second-order valence-electron chi connectivity index (χ2n) is 14.8. The Hall–Kier alpha value is -6.24. The number of hydrogen-bond acceptors (Lipinski definition) is 3. The average Bonchev–Trinajstić information content (AvgIpc) is 3.94. The van der Waals surface area contributed by atoms with Gasteiger partial charge in [-0.15, -0.1) is 11.3 Å². The lowest BCUT2D eigenvalue weighted by Gasteiger charge is -2.34. The van der Waals surface area contributed by atoms with Crippen LogP contribution in [-0.2, 0) is 0 Å². The molecule has 0 fully saturated rings. The molecule has 3 aliphatic rings. The third-order valence-corrected chi connectivity index (χ3v) is 13.1. The van der Waals surface area contributed by atoms with Gasteiger partial charge in [-0.3, -0.25) is 0 Å². The van der Waals surface area contributed by atoms with Gasteiger partial charge in [0.2, 0.25) is 0 Å². The highest BCUT2D eigenvalue weighted by Gasteiger charge is 2.42. The van der Waals surface area contributed by atoms with E-state index in [1.165, 1.54) is 92.5 Å². The topological polar surface area (TPSA) is 26.2 Å². The van der Waals surface area contributed by atoms with E-state index in [9.17, 15) is 0 Å². The first-order chi connectivity index (χ1) is 26.2. The van der Waals surface area contributed by atoms with E-state index in [1.807, 2.05) is 11.3 Å². The summed E-state index contributed by atoms with van der Waals surface area (Å²) in [5.74, 6) is 0. The smallest absolute Gasteiger partial charge is 0.252 e. The Morgan fingerprint density at radius 2 is 1.40 bits per heavy atom. The van der Waals surface area contributed by atoms with Crippen LogP contribution in [0.15, 0.2) is 150 Å². The minimum Gasteiger partial charge on any atom is -0.454 e. The van der Waals surface area contributed by atoms with Crippen LogP contribution in [0.3, 0.4) is 0 Å². The minimum atomic E-state index is 0.123. The lowest BCUT2D eigenvalue weighted by Crippen LogP contribution is -2.59. The van der Waals surface area contributed by atoms with Crippen molar-refractivity contribution < 1.29 is 4.42 Å². The van der Waals surface area contributed by atoms with Crippen LogP contribution in [0.2, 0.25) is 0 Å². The fraction of sp³-hybridized carbons (Fsp3) is 0.0638. The molecule has 53 heavy (non-hydrogen) atoms. The van der Waals surface area contributed by atoms with Crippen LogP contribution in [0.25, 0.3) is 75.6 Å². The molecular weight excluding hydrogens is 665 g/mol. The Bertz CT molecular complexity index is 3320. The molecule has 0 saturated carbocycles. The van der Waals surface area contributed by atoms with Crippen molar-refractivity contribution in [2.45, 2.75) is 19.8 Å². The van der Waals surface area contributed by atoms with E-state index in [2.05, 4.69) is 161 Å². The first-order valence-corrected chi connectivity index (χ1v) is 19.3. The number of anilines is 2. The van der Waals surface area contributed by atoms with Crippen molar-refractivity contribution in [3.63, 3.8) is 0 Å². The largest absolute Gasteiger partial charge is 0.454 e. The number of thiophene rings is 1. The van der Waals surface area contributed by atoms with Crippen molar-refractivity contribution in [3.8, 4) is 11.4 Å². The zero-order chi connectivity index (χ0) is 34.5. The molecule has 0 bridgehead atoms. The van der Waals surface area contributed by atoms with Gasteiger partial charge in [0.05, 0.1) is 21.3 Å². The normalized spacial score (nSPS) is 14.4. The molecule has 0 atom stereocenters. The molecule has 0 radical (unpaired) electrons. The standard InChI is InChI=1S/C47H30BN3OS/c1-27-24-37-41-38(25-27)51-43-34(47-45(51)32-23-22-30(26-40(32)53-47)49(28-12-4-2-5-13-28)29-14-6-3-7-15-29)18-11-20-36(43)48(41)35-19-10-17-33-42(35)50(37)44-31-16-8-9-21-39(31)52-46(33)44/h2-6,8-14,16-26H,7,15H2,1H3. The van der Waals surface area contributed by atoms with Gasteiger partial charge in [0.1, 0.15) is 11.1 Å². The molecule has 0 saturated heterocycles. The van der Waals surface area contributed by atoms with Gasteiger partial charge in [-0.25, -0.2) is 0 Å². The van der Waals surface area contributed by atoms with Gasteiger partial charge in [0.25, 0.3) is 6.71 Å². The number of hydrogen-bond donors (Lipinski definition) is 0. The summed E-state index contributed by atoms with van der Waals surface area (Å²) in [4.78, 5) is 2.44. The summed E-state index contributed by atoms with van der Waals surface area (Å²) >= 11 is 1.93. The zero-order valence-corrected chi connectivity index (χ0v) is 29.7. The van der Waals surface area contributed by atoms with Gasteiger partial charge in [-0.05, 0) is 108 Å². The van der Waals surface area contributed by atoms with E-state index in [1.54, 1.807) is 0 Å². The highest BCUT2D eigenvalue weighted by atomic mass is 32.1. The molecular formula is C47H30BN3OS. The minimum absolute atomic E-state index is 0.123. The van der Waals surface area contributed by atoms with Crippen molar-refractivity contribution in [3.05, 3.63) is 151 Å². The van der Waals surface area contributed by atoms with E-state index >= 15 is 0 Å². The Morgan fingerprint density at radius 1 is 0.660 bits per heavy atom. The van der Waals surface area contributed by atoms with Crippen molar-refractivity contribution in [2.24, 2.45) is 0 Å². The fourth-order valence-electron chi connectivity index (χ4n) is 9.95. The lowest BCUT2D eigenvalue weighted by atomic mass is 9.34. The number of nitrogens with zero attached hydrogens (tertiary/aromatic N) is 3. The van der Waals surface area contributed by atoms with Crippen LogP contribution in [-0.4, -0.2) is 15.8 Å². The van der Waals surface area contributed by atoms with Crippen LogP contribution in [0.1, 0.15) is 18.4 Å². The number of aryl methyl sites for hydroxylation is 1. The van der Waals surface area contributed by atoms with E-state index < -0.39 is 0 Å². The summed E-state index contributed by atoms with van der Waals surface area (Å²) in [5, 5.41) is 4.98. The summed E-state index contributed by atoms with van der Waals surface area (Å²) < 4.78 is 14.4. The molecule has 4 aromatic heterocycles. The summed E-state index contributed by atoms with van der Waals surface area (Å²) in [5.41, 5.74) is 18.6. The maximum atomic E-state index is 6.65. The number of fused-ring (bicyclic) bond motifs is 14. The van der Waals surface area contributed by atoms with E-state index in [4.69, 9.17) is 4.42 Å². The first-order valence-electron chi connectivity index (χ1n) is 18.5. The highest BCUT2D eigenvalue weighted by molar-refractivity contribution is 7.26. The van der Waals surface area contributed by atoms with Crippen molar-refractivity contribution >= 4 is 110 Å². The molecule has 13 rings (SSSR count). The number of allylic oxidation sites excluding steroid dienone is 4. The van der Waals surface area contributed by atoms with Crippen molar-refractivity contribution in [2.75, 3.05) is 4.90 Å². The van der Waals surface area contributed by atoms with Crippen molar-refractivity contribution in [1.82, 2.24) is 9.13 Å². The van der Waals surface area contributed by atoms with Gasteiger partial charge < -0.3 is 18.5 Å². The molecule has 0 unspecified atom stereocenters. The molecule has 6 heteroatoms. The van der Waals surface area contributed by atoms with Crippen LogP contribution < -0.4 is 21.3 Å². The molecule has 0 N–H and O–H groups in total. The number of furan rings is 1. The van der Waals surface area contributed by atoms with Crippen LogP contribution in [0.5, 0.6) is 0 Å². The molecule has 6 aromatic carbocycles. The highest BCUT2D eigenvalue weighted by Crippen LogP contribution is 2.47. The summed E-state index contributed by atoms with van der Waals surface area (Å²) in [6, 6.07) is 45.1. The molecule has 0 spiro atoms. The van der Waals surface area contributed by atoms with Gasteiger partial charge >= 0.3 is 0 Å².